The van der Waals surface area contributed by atoms with Gasteiger partial charge in [-0.15, -0.1) is 0 Å². The largest absolute Gasteiger partial charge is 0.489 e. The quantitative estimate of drug-likeness (QED) is 0.203. The lowest BCUT2D eigenvalue weighted by molar-refractivity contribution is -0.142. The molecule has 0 saturated heterocycles. The third-order valence-electron chi connectivity index (χ3n) is 5.48. The number of amides is 1. The van der Waals surface area contributed by atoms with Crippen LogP contribution in [0.2, 0.25) is 0 Å². The van der Waals surface area contributed by atoms with E-state index < -0.39 is 0 Å². The van der Waals surface area contributed by atoms with Gasteiger partial charge in [-0.1, -0.05) is 38.3 Å². The Bertz CT molecular complexity index is 1110. The summed E-state index contributed by atoms with van der Waals surface area (Å²) in [5, 5.41) is 3.96. The van der Waals surface area contributed by atoms with E-state index in [1.54, 1.807) is 13.2 Å². The van der Waals surface area contributed by atoms with E-state index in [4.69, 9.17) is 13.9 Å². The number of unbranched alkanes of at least 4 members (excludes halogenated alkanes) is 3. The topological polar surface area (TPSA) is 77.8 Å². The third kappa shape index (κ3) is 7.62. The number of benzene rings is 2. The monoisotopic (exact) mass is 529 g/mol. The van der Waals surface area contributed by atoms with Crippen molar-refractivity contribution in [3.63, 3.8) is 0 Å². The van der Waals surface area contributed by atoms with Gasteiger partial charge >= 0.3 is 5.97 Å². The highest BCUT2D eigenvalue weighted by molar-refractivity contribution is 9.10. The number of ether oxygens (including phenoxy) is 2. The van der Waals surface area contributed by atoms with E-state index in [0.29, 0.717) is 31.9 Å². The molecule has 182 valence electrons. The van der Waals surface area contributed by atoms with Crippen LogP contribution in [0.15, 0.2) is 51.6 Å². The van der Waals surface area contributed by atoms with Gasteiger partial charge in [0.15, 0.2) is 0 Å². The van der Waals surface area contributed by atoms with Gasteiger partial charge < -0.3 is 19.2 Å². The Morgan fingerprint density at radius 3 is 2.68 bits per heavy atom. The zero-order valence-electron chi connectivity index (χ0n) is 19.8. The van der Waals surface area contributed by atoms with Crippen molar-refractivity contribution >= 4 is 38.8 Å². The summed E-state index contributed by atoms with van der Waals surface area (Å²) in [6, 6.07) is 11.5. The molecule has 6 nitrogen and oxygen atoms in total. The average Bonchev–Trinajstić information content (AvgIpc) is 3.30. The van der Waals surface area contributed by atoms with Crippen molar-refractivity contribution in [1.82, 2.24) is 5.32 Å². The highest BCUT2D eigenvalue weighted by Crippen LogP contribution is 2.28. The van der Waals surface area contributed by atoms with Gasteiger partial charge in [-0.3, -0.25) is 9.59 Å². The summed E-state index contributed by atoms with van der Waals surface area (Å²) in [7, 11) is 0. The Kier molecular flexibility index (Phi) is 10.0. The zero-order valence-corrected chi connectivity index (χ0v) is 21.4. The van der Waals surface area contributed by atoms with Crippen LogP contribution in [0, 0.1) is 0 Å². The fourth-order valence-corrected chi connectivity index (χ4v) is 4.32. The van der Waals surface area contributed by atoms with Crippen molar-refractivity contribution in [2.75, 3.05) is 6.61 Å². The van der Waals surface area contributed by atoms with Crippen LogP contribution in [0.3, 0.4) is 0 Å². The summed E-state index contributed by atoms with van der Waals surface area (Å²) in [4.78, 5) is 24.3. The Morgan fingerprint density at radius 2 is 1.88 bits per heavy atom. The molecule has 0 saturated carbocycles. The lowest BCUT2D eigenvalue weighted by Gasteiger charge is -2.14. The predicted octanol–water partition coefficient (Wildman–Crippen LogP) is 6.47. The molecule has 1 heterocycles. The van der Waals surface area contributed by atoms with Crippen LogP contribution >= 0.6 is 15.9 Å². The maximum atomic E-state index is 12.2. The number of halogens is 1. The summed E-state index contributed by atoms with van der Waals surface area (Å²) >= 11 is 3.54. The average molecular weight is 530 g/mol. The van der Waals surface area contributed by atoms with E-state index in [0.717, 1.165) is 57.8 Å². The first kappa shape index (κ1) is 25.8. The summed E-state index contributed by atoms with van der Waals surface area (Å²) < 4.78 is 17.6. The molecule has 0 bridgehead atoms. The maximum Gasteiger partial charge on any atom is 0.310 e. The summed E-state index contributed by atoms with van der Waals surface area (Å²) in [5.41, 5.74) is 3.42. The van der Waals surface area contributed by atoms with Gasteiger partial charge in [-0.25, -0.2) is 0 Å². The molecule has 3 rings (SSSR count). The number of hydrogen-bond donors (Lipinski definition) is 1. The molecule has 0 atom stereocenters. The first-order chi connectivity index (χ1) is 16.5. The predicted molar refractivity (Wildman–Crippen MR) is 136 cm³/mol. The van der Waals surface area contributed by atoms with E-state index >= 15 is 0 Å². The van der Waals surface area contributed by atoms with Crippen molar-refractivity contribution < 1.29 is 23.5 Å². The minimum Gasteiger partial charge on any atom is -0.489 e. The van der Waals surface area contributed by atoms with Crippen molar-refractivity contribution in [2.45, 2.75) is 65.5 Å². The second-order valence-electron chi connectivity index (χ2n) is 8.22. The standard InChI is InChI=1S/C27H32BrNO5/c1-3-5-6-7-8-25(30)29-17-19-9-10-21(16-26(31)32-4-2)24(15-19)34-18-20-13-22-11-12-33-27(22)23(28)14-20/h9-15H,3-8,16-18H2,1-2H3,(H,29,30). The smallest absolute Gasteiger partial charge is 0.310 e. The van der Waals surface area contributed by atoms with Gasteiger partial charge in [-0.05, 0) is 64.7 Å². The minimum atomic E-state index is -0.303. The summed E-state index contributed by atoms with van der Waals surface area (Å²) in [6.45, 7) is 5.00. The summed E-state index contributed by atoms with van der Waals surface area (Å²) in [6.07, 6.45) is 6.59. The number of carbonyl (C=O) groups is 2. The molecule has 0 unspecified atom stereocenters. The van der Waals surface area contributed by atoms with E-state index in [1.165, 1.54) is 0 Å². The van der Waals surface area contributed by atoms with Crippen molar-refractivity contribution in [2.24, 2.45) is 0 Å². The molecule has 0 aliphatic rings. The third-order valence-corrected chi connectivity index (χ3v) is 6.07. The normalized spacial score (nSPS) is 10.9. The number of fused-ring (bicyclic) bond motifs is 1. The van der Waals surface area contributed by atoms with Crippen LogP contribution in [-0.2, 0) is 33.9 Å². The number of furan rings is 1. The second kappa shape index (κ2) is 13.2. The van der Waals surface area contributed by atoms with Gasteiger partial charge in [0.1, 0.15) is 17.9 Å². The first-order valence-corrected chi connectivity index (χ1v) is 12.6. The van der Waals surface area contributed by atoms with Crippen molar-refractivity contribution in [3.8, 4) is 5.75 Å². The highest BCUT2D eigenvalue weighted by atomic mass is 79.9. The molecule has 1 N–H and O–H groups in total. The molecule has 0 fully saturated rings. The van der Waals surface area contributed by atoms with E-state index in [1.807, 2.05) is 36.4 Å². The van der Waals surface area contributed by atoms with E-state index in [9.17, 15) is 9.59 Å². The van der Waals surface area contributed by atoms with Gasteiger partial charge in [0.2, 0.25) is 5.91 Å². The number of esters is 1. The lowest BCUT2D eigenvalue weighted by atomic mass is 10.1. The van der Waals surface area contributed by atoms with Gasteiger partial charge in [0.05, 0.1) is 23.8 Å². The molecule has 1 amide bonds. The van der Waals surface area contributed by atoms with Gasteiger partial charge in [0.25, 0.3) is 0 Å². The molecule has 1 aromatic heterocycles. The zero-order chi connectivity index (χ0) is 24.3. The molecule has 0 aliphatic carbocycles. The second-order valence-corrected chi connectivity index (χ2v) is 9.07. The van der Waals surface area contributed by atoms with Crippen LogP contribution in [0.4, 0.5) is 0 Å². The fraction of sp³-hybridized carbons (Fsp3) is 0.407. The van der Waals surface area contributed by atoms with Crippen LogP contribution in [-0.4, -0.2) is 18.5 Å². The molecular weight excluding hydrogens is 498 g/mol. The molecule has 0 aliphatic heterocycles. The lowest BCUT2D eigenvalue weighted by Crippen LogP contribution is -2.22. The minimum absolute atomic E-state index is 0.0486. The summed E-state index contributed by atoms with van der Waals surface area (Å²) in [5.74, 6) is 0.349. The van der Waals surface area contributed by atoms with E-state index in [2.05, 4.69) is 28.2 Å². The van der Waals surface area contributed by atoms with Crippen LogP contribution in [0.1, 0.15) is 62.6 Å². The number of rotatable bonds is 13. The SMILES string of the molecule is CCCCCCC(=O)NCc1ccc(CC(=O)OCC)c(OCc2cc(Br)c3occc3c2)c1. The van der Waals surface area contributed by atoms with Crippen LogP contribution < -0.4 is 10.1 Å². The van der Waals surface area contributed by atoms with Crippen molar-refractivity contribution in [3.05, 3.63) is 63.8 Å². The Labute approximate surface area is 209 Å². The Morgan fingerprint density at radius 1 is 1.03 bits per heavy atom. The van der Waals surface area contributed by atoms with E-state index in [-0.39, 0.29) is 18.3 Å². The Balaban J connectivity index is 1.69. The molecule has 34 heavy (non-hydrogen) atoms. The number of hydrogen-bond acceptors (Lipinski definition) is 5. The van der Waals surface area contributed by atoms with Gasteiger partial charge in [-0.2, -0.15) is 0 Å². The molecule has 0 spiro atoms. The number of nitrogens with one attached hydrogen (secondary N) is 1. The van der Waals surface area contributed by atoms with Crippen LogP contribution in [0.25, 0.3) is 11.0 Å². The molecule has 0 radical (unpaired) electrons. The molecule has 2 aromatic carbocycles. The molecule has 3 aromatic rings. The van der Waals surface area contributed by atoms with Crippen LogP contribution in [0.5, 0.6) is 5.75 Å². The molecular formula is C27H32BrNO5. The first-order valence-electron chi connectivity index (χ1n) is 11.8. The number of carbonyl (C=O) groups excluding carboxylic acids is 2. The molecule has 7 heteroatoms. The van der Waals surface area contributed by atoms with Gasteiger partial charge in [0, 0.05) is 23.9 Å². The fourth-order valence-electron chi connectivity index (χ4n) is 3.70. The highest BCUT2D eigenvalue weighted by Gasteiger charge is 2.13. The maximum absolute atomic E-state index is 12.2. The Hall–Kier alpha value is -2.80. The van der Waals surface area contributed by atoms with Crippen molar-refractivity contribution in [1.29, 1.82) is 0 Å².